The lowest BCUT2D eigenvalue weighted by Gasteiger charge is -2.28. The highest BCUT2D eigenvalue weighted by Gasteiger charge is 2.22. The molecule has 31 heavy (non-hydrogen) atoms. The van der Waals surface area contributed by atoms with E-state index in [1.54, 1.807) is 0 Å². The van der Waals surface area contributed by atoms with Crippen LogP contribution in [0.4, 0.5) is 0 Å². The summed E-state index contributed by atoms with van der Waals surface area (Å²) in [6.45, 7) is 12.7. The van der Waals surface area contributed by atoms with Crippen LogP contribution in [0.25, 0.3) is 5.69 Å². The molecule has 0 radical (unpaired) electrons. The van der Waals surface area contributed by atoms with Crippen molar-refractivity contribution in [1.29, 1.82) is 0 Å². The molecule has 0 saturated heterocycles. The standard InChI is InChI=1S/C25H30N4O2/c1-16(2)25-26-13-20-15-28(8-7-22(20)27-25)14-19-11-17(3)29(18(19)4)21-5-6-23-24(12-21)31-10-9-30-23/h5-6,11-13,16H,7-10,14-15H2,1-4H3. The van der Waals surface area contributed by atoms with Gasteiger partial charge < -0.3 is 14.0 Å². The van der Waals surface area contributed by atoms with Crippen LogP contribution in [0.1, 0.15) is 53.8 Å². The Morgan fingerprint density at radius 3 is 2.68 bits per heavy atom. The lowest BCUT2D eigenvalue weighted by molar-refractivity contribution is 0.171. The van der Waals surface area contributed by atoms with Crippen LogP contribution in [0.5, 0.6) is 11.5 Å². The smallest absolute Gasteiger partial charge is 0.163 e. The molecule has 6 nitrogen and oxygen atoms in total. The predicted octanol–water partition coefficient (Wildman–Crippen LogP) is 4.34. The third-order valence-corrected chi connectivity index (χ3v) is 6.26. The van der Waals surface area contributed by atoms with E-state index < -0.39 is 0 Å². The fraction of sp³-hybridized carbons (Fsp3) is 0.440. The van der Waals surface area contributed by atoms with E-state index in [0.717, 1.165) is 49.1 Å². The van der Waals surface area contributed by atoms with Gasteiger partial charge in [0.05, 0.1) is 0 Å². The molecule has 1 aromatic carbocycles. The number of hydrogen-bond donors (Lipinski definition) is 0. The highest BCUT2D eigenvalue weighted by atomic mass is 16.6. The number of fused-ring (bicyclic) bond motifs is 2. The molecule has 2 aliphatic heterocycles. The Bertz CT molecular complexity index is 1120. The van der Waals surface area contributed by atoms with Crippen LogP contribution in [0, 0.1) is 13.8 Å². The summed E-state index contributed by atoms with van der Waals surface area (Å²) in [5.41, 5.74) is 7.45. The van der Waals surface area contributed by atoms with Gasteiger partial charge in [-0.25, -0.2) is 9.97 Å². The molecule has 0 amide bonds. The van der Waals surface area contributed by atoms with Crippen LogP contribution in [-0.2, 0) is 19.5 Å². The highest BCUT2D eigenvalue weighted by molar-refractivity contribution is 5.52. The Labute approximate surface area is 183 Å². The van der Waals surface area contributed by atoms with Gasteiger partial charge in [-0.2, -0.15) is 0 Å². The van der Waals surface area contributed by atoms with E-state index >= 15 is 0 Å². The van der Waals surface area contributed by atoms with Gasteiger partial charge in [-0.15, -0.1) is 0 Å². The molecule has 5 rings (SSSR count). The maximum Gasteiger partial charge on any atom is 0.163 e. The first-order valence-corrected chi connectivity index (χ1v) is 11.1. The van der Waals surface area contributed by atoms with Crippen molar-refractivity contribution < 1.29 is 9.47 Å². The average molecular weight is 419 g/mol. The van der Waals surface area contributed by atoms with E-state index in [2.05, 4.69) is 60.3 Å². The summed E-state index contributed by atoms with van der Waals surface area (Å²) in [5, 5.41) is 0. The van der Waals surface area contributed by atoms with Crippen molar-refractivity contribution >= 4 is 0 Å². The zero-order chi connectivity index (χ0) is 21.5. The summed E-state index contributed by atoms with van der Waals surface area (Å²) in [7, 11) is 0. The second-order valence-electron chi connectivity index (χ2n) is 8.88. The van der Waals surface area contributed by atoms with Gasteiger partial charge in [0.1, 0.15) is 19.0 Å². The first kappa shape index (κ1) is 20.1. The monoisotopic (exact) mass is 418 g/mol. The molecule has 2 aliphatic rings. The number of rotatable bonds is 4. The minimum Gasteiger partial charge on any atom is -0.486 e. The average Bonchev–Trinajstić information content (AvgIpc) is 3.05. The number of hydrogen-bond acceptors (Lipinski definition) is 5. The van der Waals surface area contributed by atoms with Crippen molar-refractivity contribution in [2.45, 2.75) is 53.1 Å². The molecule has 2 aromatic heterocycles. The normalized spacial score (nSPS) is 15.9. The van der Waals surface area contributed by atoms with Gasteiger partial charge in [0.15, 0.2) is 11.5 Å². The zero-order valence-electron chi connectivity index (χ0n) is 18.8. The largest absolute Gasteiger partial charge is 0.486 e. The molecule has 0 atom stereocenters. The molecule has 0 fully saturated rings. The molecule has 162 valence electrons. The van der Waals surface area contributed by atoms with Crippen LogP contribution in [0.2, 0.25) is 0 Å². The topological polar surface area (TPSA) is 52.4 Å². The molecule has 3 aromatic rings. The van der Waals surface area contributed by atoms with Gasteiger partial charge in [-0.1, -0.05) is 13.8 Å². The van der Waals surface area contributed by atoms with E-state index in [1.165, 1.54) is 28.2 Å². The quantitative estimate of drug-likeness (QED) is 0.631. The summed E-state index contributed by atoms with van der Waals surface area (Å²) in [6, 6.07) is 8.51. The summed E-state index contributed by atoms with van der Waals surface area (Å²) in [6.07, 6.45) is 3.01. The third kappa shape index (κ3) is 3.81. The molecule has 0 spiro atoms. The minimum absolute atomic E-state index is 0.370. The van der Waals surface area contributed by atoms with Crippen molar-refractivity contribution in [1.82, 2.24) is 19.4 Å². The van der Waals surface area contributed by atoms with Gasteiger partial charge in [0.2, 0.25) is 0 Å². The second-order valence-corrected chi connectivity index (χ2v) is 8.88. The number of ether oxygens (including phenoxy) is 2. The van der Waals surface area contributed by atoms with Crippen molar-refractivity contribution in [3.8, 4) is 17.2 Å². The molecule has 0 N–H and O–H groups in total. The highest BCUT2D eigenvalue weighted by Crippen LogP contribution is 2.34. The van der Waals surface area contributed by atoms with Crippen LogP contribution in [-0.4, -0.2) is 39.2 Å². The Hall–Kier alpha value is -2.86. The van der Waals surface area contributed by atoms with Crippen LogP contribution in [0.3, 0.4) is 0 Å². The van der Waals surface area contributed by atoms with E-state index in [-0.39, 0.29) is 0 Å². The lowest BCUT2D eigenvalue weighted by atomic mass is 10.1. The number of nitrogens with zero attached hydrogens (tertiary/aromatic N) is 4. The van der Waals surface area contributed by atoms with Gasteiger partial charge >= 0.3 is 0 Å². The van der Waals surface area contributed by atoms with Gasteiger partial charge in [0.25, 0.3) is 0 Å². The maximum absolute atomic E-state index is 5.79. The molecule has 6 heteroatoms. The van der Waals surface area contributed by atoms with Crippen molar-refractivity contribution in [3.63, 3.8) is 0 Å². The number of aryl methyl sites for hydroxylation is 1. The van der Waals surface area contributed by atoms with Crippen molar-refractivity contribution in [2.24, 2.45) is 0 Å². The van der Waals surface area contributed by atoms with E-state index in [9.17, 15) is 0 Å². The molecule has 0 unspecified atom stereocenters. The molecule has 4 heterocycles. The van der Waals surface area contributed by atoms with Gasteiger partial charge in [-0.3, -0.25) is 4.90 Å². The zero-order valence-corrected chi connectivity index (χ0v) is 18.8. The summed E-state index contributed by atoms with van der Waals surface area (Å²) < 4.78 is 13.8. The number of benzene rings is 1. The van der Waals surface area contributed by atoms with E-state index in [4.69, 9.17) is 14.5 Å². The van der Waals surface area contributed by atoms with E-state index in [0.29, 0.717) is 19.1 Å². The Morgan fingerprint density at radius 1 is 1.06 bits per heavy atom. The van der Waals surface area contributed by atoms with Gasteiger partial charge in [-0.05, 0) is 37.6 Å². The molecular weight excluding hydrogens is 388 g/mol. The fourth-order valence-corrected chi connectivity index (χ4v) is 4.60. The molecule has 0 aliphatic carbocycles. The molecule has 0 saturated carbocycles. The van der Waals surface area contributed by atoms with Crippen molar-refractivity contribution in [3.05, 3.63) is 64.5 Å². The Morgan fingerprint density at radius 2 is 1.87 bits per heavy atom. The predicted molar refractivity (Wildman–Crippen MR) is 120 cm³/mol. The fourth-order valence-electron chi connectivity index (χ4n) is 4.60. The molecular formula is C25H30N4O2. The molecule has 0 bridgehead atoms. The summed E-state index contributed by atoms with van der Waals surface area (Å²) in [5.74, 6) is 2.98. The van der Waals surface area contributed by atoms with Crippen molar-refractivity contribution in [2.75, 3.05) is 19.8 Å². The van der Waals surface area contributed by atoms with Gasteiger partial charge in [0, 0.05) is 72.6 Å². The summed E-state index contributed by atoms with van der Waals surface area (Å²) >= 11 is 0. The minimum atomic E-state index is 0.370. The first-order valence-electron chi connectivity index (χ1n) is 11.1. The second kappa shape index (κ2) is 8.00. The number of aromatic nitrogens is 3. The summed E-state index contributed by atoms with van der Waals surface area (Å²) in [4.78, 5) is 11.9. The maximum atomic E-state index is 5.79. The van der Waals surface area contributed by atoms with Crippen LogP contribution in [0.15, 0.2) is 30.5 Å². The van der Waals surface area contributed by atoms with Crippen LogP contribution < -0.4 is 9.47 Å². The Kier molecular flexibility index (Phi) is 5.18. The van der Waals surface area contributed by atoms with E-state index in [1.807, 2.05) is 12.3 Å². The SMILES string of the molecule is Cc1cc(CN2CCc3nc(C(C)C)ncc3C2)c(C)n1-c1ccc2c(c1)OCCO2. The Balaban J connectivity index is 1.37. The third-order valence-electron chi connectivity index (χ3n) is 6.26. The lowest BCUT2D eigenvalue weighted by Crippen LogP contribution is -2.31. The van der Waals surface area contributed by atoms with Crippen LogP contribution >= 0.6 is 0 Å². The first-order chi connectivity index (χ1) is 15.0.